The molecule has 2 aromatic rings. The molecule has 0 aliphatic carbocycles. The van der Waals surface area contributed by atoms with Crippen LogP contribution in [0.1, 0.15) is 17.2 Å². The summed E-state index contributed by atoms with van der Waals surface area (Å²) >= 11 is 0. The first-order valence-electron chi connectivity index (χ1n) is 9.16. The Balaban J connectivity index is 1.57. The van der Waals surface area contributed by atoms with E-state index in [1.54, 1.807) is 12.1 Å². The van der Waals surface area contributed by atoms with E-state index in [4.69, 9.17) is 19.3 Å². The third kappa shape index (κ3) is 3.70. The van der Waals surface area contributed by atoms with Crippen molar-refractivity contribution in [1.29, 1.82) is 0 Å². The van der Waals surface area contributed by atoms with E-state index < -0.39 is 43.4 Å². The van der Waals surface area contributed by atoms with Crippen molar-refractivity contribution in [3.63, 3.8) is 0 Å². The van der Waals surface area contributed by atoms with Gasteiger partial charge in [0.15, 0.2) is 0 Å². The molecule has 9 heteroatoms. The van der Waals surface area contributed by atoms with E-state index in [9.17, 15) is 25.5 Å². The van der Waals surface area contributed by atoms with Gasteiger partial charge in [-0.15, -0.1) is 0 Å². The van der Waals surface area contributed by atoms with Gasteiger partial charge in [0.25, 0.3) is 0 Å². The van der Waals surface area contributed by atoms with Gasteiger partial charge in [0, 0.05) is 24.1 Å². The summed E-state index contributed by atoms with van der Waals surface area (Å²) in [7, 11) is 0. The molecule has 0 radical (unpaired) electrons. The number of phenols is 2. The van der Waals surface area contributed by atoms with E-state index in [0.717, 1.165) is 0 Å². The van der Waals surface area contributed by atoms with E-state index in [1.807, 2.05) is 0 Å². The second-order valence-corrected chi connectivity index (χ2v) is 7.15. The minimum Gasteiger partial charge on any atom is -0.508 e. The Labute approximate surface area is 166 Å². The van der Waals surface area contributed by atoms with E-state index in [1.165, 1.54) is 24.3 Å². The van der Waals surface area contributed by atoms with Crippen LogP contribution in [0, 0.1) is 0 Å². The maximum Gasteiger partial charge on any atom is 0.229 e. The first-order valence-corrected chi connectivity index (χ1v) is 9.16. The van der Waals surface area contributed by atoms with Gasteiger partial charge in [-0.25, -0.2) is 0 Å². The molecule has 156 valence electrons. The average Bonchev–Trinajstić information content (AvgIpc) is 2.97. The monoisotopic (exact) mass is 406 g/mol. The molecule has 1 saturated heterocycles. The van der Waals surface area contributed by atoms with Crippen LogP contribution in [0.5, 0.6) is 23.0 Å². The zero-order chi connectivity index (χ0) is 20.7. The van der Waals surface area contributed by atoms with Crippen molar-refractivity contribution in [1.82, 2.24) is 0 Å². The van der Waals surface area contributed by atoms with Gasteiger partial charge >= 0.3 is 0 Å². The molecule has 0 bridgehead atoms. The predicted octanol–water partition coefficient (Wildman–Crippen LogP) is -0.0473. The Hall–Kier alpha value is -2.56. The van der Waals surface area contributed by atoms with Crippen molar-refractivity contribution in [3.8, 4) is 23.0 Å². The number of rotatable bonds is 4. The highest BCUT2D eigenvalue weighted by atomic mass is 16.7. The van der Waals surface area contributed by atoms with Crippen molar-refractivity contribution in [2.45, 2.75) is 43.2 Å². The first kappa shape index (κ1) is 19.7. The number of aliphatic hydroxyl groups excluding tert-OH is 4. The normalized spacial score (nSPS) is 31.2. The van der Waals surface area contributed by atoms with Gasteiger partial charge in [0.2, 0.25) is 6.29 Å². The van der Waals surface area contributed by atoms with Crippen molar-refractivity contribution in [3.05, 3.63) is 47.5 Å². The largest absolute Gasteiger partial charge is 0.508 e. The lowest BCUT2D eigenvalue weighted by molar-refractivity contribution is -0.116. The summed E-state index contributed by atoms with van der Waals surface area (Å²) in [4.78, 5) is 0. The van der Waals surface area contributed by atoms with Gasteiger partial charge in [-0.05, 0) is 17.7 Å². The summed E-state index contributed by atoms with van der Waals surface area (Å²) in [5.74, 6) is 0.339. The Morgan fingerprint density at radius 1 is 1.00 bits per heavy atom. The topological polar surface area (TPSA) is 149 Å². The van der Waals surface area contributed by atoms with Gasteiger partial charge in [0.05, 0.1) is 12.7 Å². The van der Waals surface area contributed by atoms with Crippen LogP contribution < -0.4 is 9.47 Å². The number of benzene rings is 2. The minimum absolute atomic E-state index is 0.0891. The summed E-state index contributed by atoms with van der Waals surface area (Å²) in [6.07, 6.45) is -6.38. The fraction of sp³-hybridized carbons (Fsp3) is 0.400. The third-order valence-corrected chi connectivity index (χ3v) is 5.15. The summed E-state index contributed by atoms with van der Waals surface area (Å²) in [6, 6.07) is 9.02. The SMILES string of the molecule is OC[C@@H]1O[C@@H](Oc2cc(O)c3c(c2)O[C@@H](c2ccc(O)cc2)[C@H](O)C3)[C@H](O)[C@@H]1O. The fourth-order valence-corrected chi connectivity index (χ4v) is 3.57. The highest BCUT2D eigenvalue weighted by molar-refractivity contribution is 5.52. The van der Waals surface area contributed by atoms with Crippen molar-refractivity contribution >= 4 is 0 Å². The van der Waals surface area contributed by atoms with Crippen LogP contribution >= 0.6 is 0 Å². The van der Waals surface area contributed by atoms with Crippen LogP contribution in [0.3, 0.4) is 0 Å². The maximum atomic E-state index is 10.4. The molecule has 2 aliphatic heterocycles. The van der Waals surface area contributed by atoms with Crippen LogP contribution in [-0.4, -0.2) is 68.0 Å². The van der Waals surface area contributed by atoms with E-state index >= 15 is 0 Å². The van der Waals surface area contributed by atoms with Gasteiger partial charge < -0.3 is 44.8 Å². The lowest BCUT2D eigenvalue weighted by Gasteiger charge is -2.31. The van der Waals surface area contributed by atoms with Gasteiger partial charge in [-0.2, -0.15) is 0 Å². The number of phenolic OH excluding ortho intramolecular Hbond substituents is 2. The molecule has 29 heavy (non-hydrogen) atoms. The molecule has 0 aromatic heterocycles. The van der Waals surface area contributed by atoms with Gasteiger partial charge in [0.1, 0.15) is 47.4 Å². The quantitative estimate of drug-likeness (QED) is 0.411. The summed E-state index contributed by atoms with van der Waals surface area (Å²) in [5.41, 5.74) is 1.05. The van der Waals surface area contributed by atoms with Crippen molar-refractivity contribution < 1.29 is 44.8 Å². The summed E-state index contributed by atoms with van der Waals surface area (Å²) in [5, 5.41) is 59.2. The highest BCUT2D eigenvalue weighted by Gasteiger charge is 2.44. The molecule has 6 atom stereocenters. The summed E-state index contributed by atoms with van der Waals surface area (Å²) in [6.45, 7) is -0.483. The van der Waals surface area contributed by atoms with Gasteiger partial charge in [-0.1, -0.05) is 12.1 Å². The molecule has 4 rings (SSSR count). The number of hydrogen-bond acceptors (Lipinski definition) is 9. The van der Waals surface area contributed by atoms with E-state index in [0.29, 0.717) is 11.1 Å². The van der Waals surface area contributed by atoms with Crippen molar-refractivity contribution in [2.24, 2.45) is 0 Å². The number of aromatic hydroxyl groups is 2. The highest BCUT2D eigenvalue weighted by Crippen LogP contribution is 2.42. The lowest BCUT2D eigenvalue weighted by atomic mass is 9.94. The fourth-order valence-electron chi connectivity index (χ4n) is 3.57. The minimum atomic E-state index is -1.38. The van der Waals surface area contributed by atoms with Crippen LogP contribution in [-0.2, 0) is 11.2 Å². The molecule has 0 amide bonds. The third-order valence-electron chi connectivity index (χ3n) is 5.15. The second-order valence-electron chi connectivity index (χ2n) is 7.15. The molecule has 9 nitrogen and oxygen atoms in total. The second kappa shape index (κ2) is 7.69. The molecule has 0 unspecified atom stereocenters. The van der Waals surface area contributed by atoms with Gasteiger partial charge in [-0.3, -0.25) is 0 Å². The number of ether oxygens (including phenoxy) is 3. The first-order chi connectivity index (χ1) is 13.9. The molecule has 2 heterocycles. The number of fused-ring (bicyclic) bond motifs is 1. The Bertz CT molecular complexity index is 869. The molecular formula is C20H22O9. The molecule has 2 aliphatic rings. The van der Waals surface area contributed by atoms with Crippen LogP contribution in [0.15, 0.2) is 36.4 Å². The van der Waals surface area contributed by atoms with E-state index in [2.05, 4.69) is 0 Å². The zero-order valence-corrected chi connectivity index (χ0v) is 15.3. The Kier molecular flexibility index (Phi) is 5.24. The standard InChI is InChI=1S/C20H22O9/c21-8-16-17(25)18(26)20(29-16)27-11-5-13(23)12-7-14(24)19(28-15(12)6-11)9-1-3-10(22)4-2-9/h1-6,14,16-26H,7-8H2/t14-,16+,17-,18-,19+,20-/m1/s1. The molecule has 0 saturated carbocycles. The summed E-state index contributed by atoms with van der Waals surface area (Å²) < 4.78 is 16.7. The number of aliphatic hydroxyl groups is 4. The molecule has 6 N–H and O–H groups in total. The van der Waals surface area contributed by atoms with Crippen LogP contribution in [0.2, 0.25) is 0 Å². The Morgan fingerprint density at radius 3 is 2.38 bits per heavy atom. The Morgan fingerprint density at radius 2 is 1.72 bits per heavy atom. The molecule has 2 aromatic carbocycles. The smallest absolute Gasteiger partial charge is 0.229 e. The van der Waals surface area contributed by atoms with Crippen LogP contribution in [0.4, 0.5) is 0 Å². The molecule has 1 fully saturated rings. The lowest BCUT2D eigenvalue weighted by Crippen LogP contribution is -2.35. The average molecular weight is 406 g/mol. The van der Waals surface area contributed by atoms with E-state index in [-0.39, 0.29) is 29.4 Å². The molecular weight excluding hydrogens is 384 g/mol. The maximum absolute atomic E-state index is 10.4. The zero-order valence-electron chi connectivity index (χ0n) is 15.3. The number of hydrogen-bond donors (Lipinski definition) is 6. The molecule has 0 spiro atoms. The van der Waals surface area contributed by atoms with Crippen LogP contribution in [0.25, 0.3) is 0 Å². The predicted molar refractivity (Wildman–Crippen MR) is 97.7 cm³/mol. The van der Waals surface area contributed by atoms with Crippen molar-refractivity contribution in [2.75, 3.05) is 6.61 Å².